The Labute approximate surface area is 153 Å². The van der Waals surface area contributed by atoms with Crippen LogP contribution in [-0.2, 0) is 0 Å². The number of methoxy groups -OCH3 is 2. The van der Waals surface area contributed by atoms with Crippen LogP contribution >= 0.6 is 15.9 Å². The van der Waals surface area contributed by atoms with E-state index in [1.807, 2.05) is 25.1 Å². The van der Waals surface area contributed by atoms with Crippen LogP contribution < -0.4 is 14.8 Å². The third kappa shape index (κ3) is 2.60. The number of aryl methyl sites for hydroxylation is 1. The van der Waals surface area contributed by atoms with Gasteiger partial charge in [-0.3, -0.25) is 10.2 Å². The first-order valence-electron chi connectivity index (χ1n) is 7.74. The zero-order valence-corrected chi connectivity index (χ0v) is 15.6. The summed E-state index contributed by atoms with van der Waals surface area (Å²) in [6.07, 6.45) is 1.77. The summed E-state index contributed by atoms with van der Waals surface area (Å²) < 4.78 is 11.8. The van der Waals surface area contributed by atoms with E-state index in [2.05, 4.69) is 42.5 Å². The second-order valence-electron chi connectivity index (χ2n) is 5.80. The molecule has 2 aromatic rings. The van der Waals surface area contributed by atoms with Crippen LogP contribution in [0.4, 0.5) is 11.6 Å². The number of pyridine rings is 1. The summed E-state index contributed by atoms with van der Waals surface area (Å²) >= 11 is 3.44. The molecule has 0 spiro atoms. The Hall–Kier alpha value is -2.67. The molecule has 6 nitrogen and oxygen atoms in total. The van der Waals surface area contributed by atoms with Crippen LogP contribution in [0.2, 0.25) is 0 Å². The van der Waals surface area contributed by atoms with Gasteiger partial charge in [-0.1, -0.05) is 0 Å². The Morgan fingerprint density at radius 2 is 1.80 bits per heavy atom. The number of hydrogen-bond donors (Lipinski definition) is 3. The number of halogens is 1. The topological polar surface area (TPSA) is 75.0 Å². The van der Waals surface area contributed by atoms with Crippen molar-refractivity contribution in [2.75, 3.05) is 19.5 Å². The van der Waals surface area contributed by atoms with Crippen LogP contribution in [0.1, 0.15) is 5.56 Å². The maximum absolute atomic E-state index is 5.41. The molecule has 128 valence electrons. The number of nitrogens with zero attached hydrogens (tertiary/aromatic N) is 1. The Morgan fingerprint density at radius 3 is 2.52 bits per heavy atom. The minimum absolute atomic E-state index is 0.706. The molecule has 0 radical (unpaired) electrons. The number of anilines is 2. The Morgan fingerprint density at radius 1 is 1.04 bits per heavy atom. The number of benzene rings is 1. The quantitative estimate of drug-likeness (QED) is 0.458. The molecule has 1 aromatic carbocycles. The lowest BCUT2D eigenvalue weighted by Crippen LogP contribution is -1.97. The maximum Gasteiger partial charge on any atom is 0.161 e. The highest BCUT2D eigenvalue weighted by molar-refractivity contribution is 9.10. The number of nitrogens with one attached hydrogen (secondary N) is 3. The van der Waals surface area contributed by atoms with Crippen molar-refractivity contribution in [3.8, 4) is 22.8 Å². The molecule has 1 aliphatic heterocycles. The predicted octanol–water partition coefficient (Wildman–Crippen LogP) is 4.83. The Balaban J connectivity index is 1.79. The van der Waals surface area contributed by atoms with Crippen molar-refractivity contribution in [3.05, 3.63) is 40.5 Å². The molecule has 2 aliphatic rings. The van der Waals surface area contributed by atoms with E-state index in [0.717, 1.165) is 43.7 Å². The van der Waals surface area contributed by atoms with Crippen LogP contribution in [0.15, 0.2) is 34.9 Å². The van der Waals surface area contributed by atoms with E-state index in [-0.39, 0.29) is 0 Å². The van der Waals surface area contributed by atoms with Crippen LogP contribution in [0, 0.1) is 6.92 Å². The molecule has 0 unspecified atom stereocenters. The van der Waals surface area contributed by atoms with Gasteiger partial charge >= 0.3 is 0 Å². The van der Waals surface area contributed by atoms with Gasteiger partial charge in [0.1, 0.15) is 11.6 Å². The van der Waals surface area contributed by atoms with E-state index in [0.29, 0.717) is 11.5 Å². The number of hydrogen-bond acceptors (Lipinski definition) is 4. The first kappa shape index (κ1) is 15.8. The fourth-order valence-electron chi connectivity index (χ4n) is 3.02. The van der Waals surface area contributed by atoms with Gasteiger partial charge < -0.3 is 14.8 Å². The fraction of sp³-hybridized carbons (Fsp3) is 0.167. The fourth-order valence-corrected chi connectivity index (χ4v) is 3.46. The van der Waals surface area contributed by atoms with Crippen molar-refractivity contribution < 1.29 is 9.47 Å². The van der Waals surface area contributed by atoms with Gasteiger partial charge in [0.15, 0.2) is 11.5 Å². The van der Waals surface area contributed by atoms with Crippen molar-refractivity contribution in [1.82, 2.24) is 15.2 Å². The van der Waals surface area contributed by atoms with E-state index < -0.39 is 0 Å². The Kier molecular flexibility index (Phi) is 3.80. The van der Waals surface area contributed by atoms with Crippen molar-refractivity contribution >= 4 is 38.3 Å². The van der Waals surface area contributed by atoms with E-state index in [1.54, 1.807) is 20.4 Å². The highest BCUT2D eigenvalue weighted by Crippen LogP contribution is 2.42. The van der Waals surface area contributed by atoms with Gasteiger partial charge in [0, 0.05) is 21.6 Å². The molecule has 0 bridgehead atoms. The Bertz CT molecular complexity index is 1040. The first-order valence-corrected chi connectivity index (χ1v) is 8.54. The van der Waals surface area contributed by atoms with Crippen molar-refractivity contribution in [3.63, 3.8) is 0 Å². The standard InChI is InChI=1S/C18H17BrN4O2/c1-9-4-11(19)8-20-17(9)21-18-13-5-10-6-14(24-2)15(25-3)7-12(10)16(13)22-23-18/h4-8,22-23H,1-3H3,(H,20,21). The molecule has 0 amide bonds. The highest BCUT2D eigenvalue weighted by atomic mass is 79.9. The molecular formula is C18H17BrN4O2. The summed E-state index contributed by atoms with van der Waals surface area (Å²) in [5.41, 5.74) is 3.11. The van der Waals surface area contributed by atoms with Gasteiger partial charge in [0.2, 0.25) is 0 Å². The molecule has 7 heteroatoms. The summed E-state index contributed by atoms with van der Waals surface area (Å²) in [5, 5.41) is 11.9. The van der Waals surface area contributed by atoms with Crippen molar-refractivity contribution in [2.24, 2.45) is 0 Å². The summed E-state index contributed by atoms with van der Waals surface area (Å²) in [7, 11) is 3.28. The molecule has 3 N–H and O–H groups in total. The SMILES string of the molecule is COc1cc2cc3c(Nc4ncc(Br)cc4C)[nH][nH]c-3c2cc1OC. The van der Waals surface area contributed by atoms with Crippen LogP contribution in [0.5, 0.6) is 11.5 Å². The molecule has 1 aromatic heterocycles. The zero-order valence-electron chi connectivity index (χ0n) is 14.0. The summed E-state index contributed by atoms with van der Waals surface area (Å²) in [6, 6.07) is 8.09. The average molecular weight is 401 g/mol. The van der Waals surface area contributed by atoms with Gasteiger partial charge in [0.25, 0.3) is 0 Å². The number of H-pyrrole nitrogens is 2. The molecule has 1 aliphatic carbocycles. The summed E-state index contributed by atoms with van der Waals surface area (Å²) in [4.78, 5) is 4.44. The maximum atomic E-state index is 5.41. The largest absolute Gasteiger partial charge is 0.493 e. The smallest absolute Gasteiger partial charge is 0.161 e. The normalized spacial score (nSPS) is 11.2. The van der Waals surface area contributed by atoms with Gasteiger partial charge in [0.05, 0.1) is 19.9 Å². The number of ether oxygens (including phenoxy) is 2. The van der Waals surface area contributed by atoms with Gasteiger partial charge in [-0.15, -0.1) is 0 Å². The average Bonchev–Trinajstić information content (AvgIpc) is 3.15. The van der Waals surface area contributed by atoms with Crippen molar-refractivity contribution in [2.45, 2.75) is 6.92 Å². The van der Waals surface area contributed by atoms with Crippen molar-refractivity contribution in [1.29, 1.82) is 0 Å². The summed E-state index contributed by atoms with van der Waals surface area (Å²) in [6.45, 7) is 2.02. The van der Waals surface area contributed by atoms with E-state index in [4.69, 9.17) is 9.47 Å². The minimum Gasteiger partial charge on any atom is -0.493 e. The van der Waals surface area contributed by atoms with Gasteiger partial charge in [-0.25, -0.2) is 4.98 Å². The molecule has 25 heavy (non-hydrogen) atoms. The molecule has 0 atom stereocenters. The predicted molar refractivity (Wildman–Crippen MR) is 102 cm³/mol. The highest BCUT2D eigenvalue weighted by Gasteiger charge is 2.19. The third-order valence-corrected chi connectivity index (χ3v) is 4.70. The molecule has 0 saturated heterocycles. The van der Waals surface area contributed by atoms with Crippen LogP contribution in [0.25, 0.3) is 22.0 Å². The monoisotopic (exact) mass is 400 g/mol. The van der Waals surface area contributed by atoms with Crippen LogP contribution in [0.3, 0.4) is 0 Å². The minimum atomic E-state index is 0.706. The lowest BCUT2D eigenvalue weighted by atomic mass is 10.2. The molecule has 2 heterocycles. The molecule has 0 fully saturated rings. The summed E-state index contributed by atoms with van der Waals surface area (Å²) in [5.74, 6) is 3.09. The number of aromatic nitrogens is 3. The molecular weight excluding hydrogens is 384 g/mol. The number of rotatable bonds is 4. The third-order valence-electron chi connectivity index (χ3n) is 4.26. The first-order chi connectivity index (χ1) is 12.1. The lowest BCUT2D eigenvalue weighted by Gasteiger charge is -2.07. The number of aromatic amines is 2. The second-order valence-corrected chi connectivity index (χ2v) is 6.71. The number of fused-ring (bicyclic) bond motifs is 3. The molecule has 0 saturated carbocycles. The van der Waals surface area contributed by atoms with E-state index >= 15 is 0 Å². The molecule has 4 rings (SSSR count). The van der Waals surface area contributed by atoms with E-state index in [9.17, 15) is 0 Å². The van der Waals surface area contributed by atoms with Gasteiger partial charge in [-0.05, 0) is 58.1 Å². The van der Waals surface area contributed by atoms with Gasteiger partial charge in [-0.2, -0.15) is 0 Å². The zero-order chi connectivity index (χ0) is 17.6. The lowest BCUT2D eigenvalue weighted by molar-refractivity contribution is 0.356. The van der Waals surface area contributed by atoms with E-state index in [1.165, 1.54) is 0 Å². The van der Waals surface area contributed by atoms with Crippen LogP contribution in [-0.4, -0.2) is 29.4 Å². The second kappa shape index (κ2) is 6.00.